The Morgan fingerprint density at radius 2 is 2.23 bits per heavy atom. The third-order valence-corrected chi connectivity index (χ3v) is 1.56. The number of carboxylic acids is 1. The Labute approximate surface area is 76.7 Å². The van der Waals surface area contributed by atoms with E-state index in [1.54, 1.807) is 0 Å². The van der Waals surface area contributed by atoms with Crippen LogP contribution in [0.5, 0.6) is 0 Å². The molecule has 1 aromatic rings. The SMILES string of the molecule is CC(C)Cc1cc(C(=O)O)ncn1. The number of carbonyl (C=O) groups is 1. The van der Waals surface area contributed by atoms with Gasteiger partial charge in [0.2, 0.25) is 0 Å². The lowest BCUT2D eigenvalue weighted by Gasteiger charge is -2.03. The summed E-state index contributed by atoms with van der Waals surface area (Å²) in [7, 11) is 0. The average molecular weight is 180 g/mol. The van der Waals surface area contributed by atoms with Crippen molar-refractivity contribution in [1.82, 2.24) is 9.97 Å². The fraction of sp³-hybridized carbons (Fsp3) is 0.444. The molecule has 1 rings (SSSR count). The lowest BCUT2D eigenvalue weighted by atomic mass is 10.1. The third-order valence-electron chi connectivity index (χ3n) is 1.56. The molecule has 0 aliphatic carbocycles. The normalized spacial score (nSPS) is 10.4. The first kappa shape index (κ1) is 9.64. The first-order valence-electron chi connectivity index (χ1n) is 4.14. The van der Waals surface area contributed by atoms with E-state index in [9.17, 15) is 4.79 Å². The molecule has 13 heavy (non-hydrogen) atoms. The predicted octanol–water partition coefficient (Wildman–Crippen LogP) is 1.37. The molecule has 0 amide bonds. The number of nitrogens with zero attached hydrogens (tertiary/aromatic N) is 2. The number of rotatable bonds is 3. The second-order valence-electron chi connectivity index (χ2n) is 3.30. The molecule has 0 bridgehead atoms. The van der Waals surface area contributed by atoms with Crippen molar-refractivity contribution in [3.8, 4) is 0 Å². The first-order valence-corrected chi connectivity index (χ1v) is 4.14. The maximum atomic E-state index is 10.5. The molecular weight excluding hydrogens is 168 g/mol. The summed E-state index contributed by atoms with van der Waals surface area (Å²) in [5.41, 5.74) is 0.841. The van der Waals surface area contributed by atoms with Crippen LogP contribution < -0.4 is 0 Å². The average Bonchev–Trinajstić information content (AvgIpc) is 2.03. The van der Waals surface area contributed by atoms with Crippen molar-refractivity contribution in [2.75, 3.05) is 0 Å². The van der Waals surface area contributed by atoms with Gasteiger partial charge in [0.15, 0.2) is 5.69 Å². The van der Waals surface area contributed by atoms with Gasteiger partial charge in [-0.25, -0.2) is 14.8 Å². The van der Waals surface area contributed by atoms with E-state index in [1.165, 1.54) is 12.4 Å². The van der Waals surface area contributed by atoms with Crippen molar-refractivity contribution >= 4 is 5.97 Å². The standard InChI is InChI=1S/C9H12N2O2/c1-6(2)3-7-4-8(9(12)13)11-5-10-7/h4-6H,3H2,1-2H3,(H,12,13). The highest BCUT2D eigenvalue weighted by Gasteiger charge is 2.06. The van der Waals surface area contributed by atoms with E-state index in [4.69, 9.17) is 5.11 Å². The molecule has 70 valence electrons. The van der Waals surface area contributed by atoms with Crippen molar-refractivity contribution < 1.29 is 9.90 Å². The van der Waals surface area contributed by atoms with E-state index in [1.807, 2.05) is 0 Å². The van der Waals surface area contributed by atoms with Gasteiger partial charge in [-0.2, -0.15) is 0 Å². The topological polar surface area (TPSA) is 63.1 Å². The van der Waals surface area contributed by atoms with E-state index in [2.05, 4.69) is 23.8 Å². The van der Waals surface area contributed by atoms with Crippen molar-refractivity contribution in [2.24, 2.45) is 5.92 Å². The summed E-state index contributed by atoms with van der Waals surface area (Å²) < 4.78 is 0. The van der Waals surface area contributed by atoms with Gasteiger partial charge in [-0.1, -0.05) is 13.8 Å². The van der Waals surface area contributed by atoms with Crippen LogP contribution in [0.4, 0.5) is 0 Å². The summed E-state index contributed by atoms with van der Waals surface area (Å²) in [6.07, 6.45) is 2.07. The minimum Gasteiger partial charge on any atom is -0.477 e. The van der Waals surface area contributed by atoms with Crippen LogP contribution in [0.25, 0.3) is 0 Å². The first-order chi connectivity index (χ1) is 6.09. The minimum absolute atomic E-state index is 0.0608. The Kier molecular flexibility index (Phi) is 2.95. The molecule has 1 N–H and O–H groups in total. The zero-order valence-electron chi connectivity index (χ0n) is 7.69. The highest BCUT2D eigenvalue weighted by atomic mass is 16.4. The molecule has 0 aliphatic rings. The molecule has 0 unspecified atom stereocenters. The Balaban J connectivity index is 2.85. The molecule has 0 spiro atoms. The number of aromatic nitrogens is 2. The fourth-order valence-electron chi connectivity index (χ4n) is 1.04. The summed E-state index contributed by atoms with van der Waals surface area (Å²) >= 11 is 0. The Bertz CT molecular complexity index is 310. The van der Waals surface area contributed by atoms with Crippen LogP contribution in [0.1, 0.15) is 30.0 Å². The molecule has 0 aromatic carbocycles. The molecule has 4 nitrogen and oxygen atoms in total. The maximum Gasteiger partial charge on any atom is 0.354 e. The van der Waals surface area contributed by atoms with E-state index in [-0.39, 0.29) is 5.69 Å². The molecule has 0 fully saturated rings. The van der Waals surface area contributed by atoms with Gasteiger partial charge < -0.3 is 5.11 Å². The van der Waals surface area contributed by atoms with E-state index < -0.39 is 5.97 Å². The molecule has 1 heterocycles. The smallest absolute Gasteiger partial charge is 0.354 e. The Morgan fingerprint density at radius 1 is 1.54 bits per heavy atom. The molecule has 0 aliphatic heterocycles. The van der Waals surface area contributed by atoms with Gasteiger partial charge in [-0.15, -0.1) is 0 Å². The Hall–Kier alpha value is -1.45. The van der Waals surface area contributed by atoms with Crippen LogP contribution >= 0.6 is 0 Å². The van der Waals surface area contributed by atoms with Crippen LogP contribution in [0, 0.1) is 5.92 Å². The highest BCUT2D eigenvalue weighted by molar-refractivity contribution is 5.85. The molecule has 0 radical (unpaired) electrons. The molecule has 4 heteroatoms. The molecule has 0 saturated heterocycles. The maximum absolute atomic E-state index is 10.5. The van der Waals surface area contributed by atoms with Crippen LogP contribution in [0.3, 0.4) is 0 Å². The second kappa shape index (κ2) is 3.98. The molecular formula is C9H12N2O2. The van der Waals surface area contributed by atoms with Gasteiger partial charge in [-0.05, 0) is 18.4 Å². The van der Waals surface area contributed by atoms with Crippen molar-refractivity contribution in [1.29, 1.82) is 0 Å². The Morgan fingerprint density at radius 3 is 2.77 bits per heavy atom. The van der Waals surface area contributed by atoms with Gasteiger partial charge in [0.05, 0.1) is 0 Å². The lowest BCUT2D eigenvalue weighted by Crippen LogP contribution is -2.04. The fourth-order valence-corrected chi connectivity index (χ4v) is 1.04. The van der Waals surface area contributed by atoms with Crippen molar-refractivity contribution in [3.63, 3.8) is 0 Å². The minimum atomic E-state index is -1.01. The molecule has 1 aromatic heterocycles. The van der Waals surface area contributed by atoms with E-state index in [0.29, 0.717) is 5.92 Å². The summed E-state index contributed by atoms with van der Waals surface area (Å²) in [4.78, 5) is 18.2. The van der Waals surface area contributed by atoms with Crippen molar-refractivity contribution in [2.45, 2.75) is 20.3 Å². The van der Waals surface area contributed by atoms with E-state index >= 15 is 0 Å². The van der Waals surface area contributed by atoms with Gasteiger partial charge in [0, 0.05) is 5.69 Å². The monoisotopic (exact) mass is 180 g/mol. The molecule has 0 atom stereocenters. The van der Waals surface area contributed by atoms with Crippen molar-refractivity contribution in [3.05, 3.63) is 23.8 Å². The highest BCUT2D eigenvalue weighted by Crippen LogP contribution is 2.05. The van der Waals surface area contributed by atoms with Crippen LogP contribution in [-0.2, 0) is 6.42 Å². The largest absolute Gasteiger partial charge is 0.477 e. The zero-order chi connectivity index (χ0) is 9.84. The number of carboxylic acid groups (broad SMARTS) is 1. The summed E-state index contributed by atoms with van der Waals surface area (Å²) in [6, 6.07) is 1.52. The number of hydrogen-bond donors (Lipinski definition) is 1. The number of aromatic carboxylic acids is 1. The zero-order valence-corrected chi connectivity index (χ0v) is 7.69. The van der Waals surface area contributed by atoms with Crippen LogP contribution in [0.15, 0.2) is 12.4 Å². The second-order valence-corrected chi connectivity index (χ2v) is 3.30. The van der Waals surface area contributed by atoms with Gasteiger partial charge in [-0.3, -0.25) is 0 Å². The van der Waals surface area contributed by atoms with E-state index in [0.717, 1.165) is 12.1 Å². The number of hydrogen-bond acceptors (Lipinski definition) is 3. The quantitative estimate of drug-likeness (QED) is 0.763. The van der Waals surface area contributed by atoms with Gasteiger partial charge >= 0.3 is 5.97 Å². The summed E-state index contributed by atoms with van der Waals surface area (Å²) in [5.74, 6) is -0.538. The summed E-state index contributed by atoms with van der Waals surface area (Å²) in [5, 5.41) is 8.65. The summed E-state index contributed by atoms with van der Waals surface area (Å²) in [6.45, 7) is 4.12. The predicted molar refractivity (Wildman–Crippen MR) is 47.5 cm³/mol. The lowest BCUT2D eigenvalue weighted by molar-refractivity contribution is 0.0690. The van der Waals surface area contributed by atoms with Gasteiger partial charge in [0.25, 0.3) is 0 Å². The van der Waals surface area contributed by atoms with Crippen LogP contribution in [-0.4, -0.2) is 21.0 Å². The van der Waals surface area contributed by atoms with Crippen LogP contribution in [0.2, 0.25) is 0 Å². The molecule has 0 saturated carbocycles. The third kappa shape index (κ3) is 2.82. The van der Waals surface area contributed by atoms with Gasteiger partial charge in [0.1, 0.15) is 6.33 Å².